The molecular weight excluding hydrogens is 383 g/mol. The minimum Gasteiger partial charge on any atom is -0.356 e. The summed E-state index contributed by atoms with van der Waals surface area (Å²) in [6.07, 6.45) is -4.30. The number of benzene rings is 2. The van der Waals surface area contributed by atoms with Gasteiger partial charge >= 0.3 is 12.2 Å². The summed E-state index contributed by atoms with van der Waals surface area (Å²) < 4.78 is 38.8. The maximum Gasteiger partial charge on any atom is 0.416 e. The third kappa shape index (κ3) is 7.48. The van der Waals surface area contributed by atoms with Crippen LogP contribution in [0.15, 0.2) is 54.6 Å². The highest BCUT2D eigenvalue weighted by Gasteiger charge is 2.32. The molecule has 0 aliphatic carbocycles. The molecule has 0 spiro atoms. The molecule has 2 aromatic carbocycles. The Balaban J connectivity index is 1.68. The number of urea groups is 1. The van der Waals surface area contributed by atoms with E-state index in [0.717, 1.165) is 11.6 Å². The molecule has 2 rings (SSSR count). The Morgan fingerprint density at radius 1 is 0.931 bits per heavy atom. The molecule has 0 aliphatic rings. The Morgan fingerprint density at radius 2 is 1.59 bits per heavy atom. The number of nitrogens with zero attached hydrogens (tertiary/aromatic N) is 1. The Labute approximate surface area is 167 Å². The van der Waals surface area contributed by atoms with Crippen molar-refractivity contribution in [2.75, 3.05) is 20.1 Å². The maximum absolute atomic E-state index is 12.9. The van der Waals surface area contributed by atoms with Crippen molar-refractivity contribution in [3.63, 3.8) is 0 Å². The molecule has 0 saturated carbocycles. The summed E-state index contributed by atoms with van der Waals surface area (Å²) in [5.41, 5.74) is 0.432. The SMILES string of the molecule is CN(Cc1ccccc1)C(=O)NCCC(=O)NCCc1ccccc1C(F)(F)F. The summed E-state index contributed by atoms with van der Waals surface area (Å²) in [7, 11) is 1.65. The van der Waals surface area contributed by atoms with E-state index < -0.39 is 11.7 Å². The van der Waals surface area contributed by atoms with Crippen molar-refractivity contribution in [3.8, 4) is 0 Å². The van der Waals surface area contributed by atoms with Gasteiger partial charge in [-0.1, -0.05) is 48.5 Å². The second-order valence-corrected chi connectivity index (χ2v) is 6.58. The van der Waals surface area contributed by atoms with Crippen molar-refractivity contribution in [1.29, 1.82) is 0 Å². The lowest BCUT2D eigenvalue weighted by Gasteiger charge is -2.18. The number of carbonyl (C=O) groups is 2. The van der Waals surface area contributed by atoms with Crippen molar-refractivity contribution >= 4 is 11.9 Å². The van der Waals surface area contributed by atoms with Gasteiger partial charge in [-0.15, -0.1) is 0 Å². The number of alkyl halides is 3. The van der Waals surface area contributed by atoms with Gasteiger partial charge in [-0.05, 0) is 23.6 Å². The molecule has 0 aromatic heterocycles. The molecule has 5 nitrogen and oxygen atoms in total. The average molecular weight is 407 g/mol. The van der Waals surface area contributed by atoms with Crippen molar-refractivity contribution in [2.45, 2.75) is 25.6 Å². The zero-order chi connectivity index (χ0) is 21.3. The van der Waals surface area contributed by atoms with Gasteiger partial charge in [0.2, 0.25) is 5.91 Å². The molecule has 0 radical (unpaired) electrons. The van der Waals surface area contributed by atoms with Crippen LogP contribution >= 0.6 is 0 Å². The zero-order valence-corrected chi connectivity index (χ0v) is 16.1. The second kappa shape index (κ2) is 10.5. The number of amides is 3. The normalized spacial score (nSPS) is 11.0. The van der Waals surface area contributed by atoms with Gasteiger partial charge in [0.05, 0.1) is 5.56 Å². The van der Waals surface area contributed by atoms with Gasteiger partial charge in [-0.3, -0.25) is 4.79 Å². The van der Waals surface area contributed by atoms with Crippen molar-refractivity contribution in [3.05, 3.63) is 71.3 Å². The smallest absolute Gasteiger partial charge is 0.356 e. The quantitative estimate of drug-likeness (QED) is 0.703. The molecule has 2 aromatic rings. The number of hydrogen-bond donors (Lipinski definition) is 2. The van der Waals surface area contributed by atoms with Crippen LogP contribution < -0.4 is 10.6 Å². The number of rotatable bonds is 8. The predicted molar refractivity (Wildman–Crippen MR) is 104 cm³/mol. The molecule has 3 amide bonds. The Bertz CT molecular complexity index is 810. The summed E-state index contributed by atoms with van der Waals surface area (Å²) in [6, 6.07) is 14.5. The van der Waals surface area contributed by atoms with E-state index in [2.05, 4.69) is 10.6 Å². The molecule has 0 saturated heterocycles. The van der Waals surface area contributed by atoms with E-state index in [9.17, 15) is 22.8 Å². The van der Waals surface area contributed by atoms with Gasteiger partial charge in [-0.25, -0.2) is 4.79 Å². The highest BCUT2D eigenvalue weighted by atomic mass is 19.4. The zero-order valence-electron chi connectivity index (χ0n) is 16.1. The van der Waals surface area contributed by atoms with E-state index >= 15 is 0 Å². The van der Waals surface area contributed by atoms with Crippen LogP contribution in [0.1, 0.15) is 23.1 Å². The highest BCUT2D eigenvalue weighted by molar-refractivity contribution is 5.78. The first-order valence-corrected chi connectivity index (χ1v) is 9.22. The largest absolute Gasteiger partial charge is 0.416 e. The molecule has 0 bridgehead atoms. The lowest BCUT2D eigenvalue weighted by atomic mass is 10.0. The van der Waals surface area contributed by atoms with E-state index in [1.54, 1.807) is 7.05 Å². The standard InChI is InChI=1S/C21H24F3N3O2/c1-27(15-16-7-3-2-4-8-16)20(29)26-14-12-19(28)25-13-11-17-9-5-6-10-18(17)21(22,23)24/h2-10H,11-15H2,1H3,(H,25,28)(H,26,29). The summed E-state index contributed by atoms with van der Waals surface area (Å²) >= 11 is 0. The lowest BCUT2D eigenvalue weighted by molar-refractivity contribution is -0.138. The summed E-state index contributed by atoms with van der Waals surface area (Å²) in [5.74, 6) is -0.333. The molecular formula is C21H24F3N3O2. The highest BCUT2D eigenvalue weighted by Crippen LogP contribution is 2.31. The second-order valence-electron chi connectivity index (χ2n) is 6.58. The minimum atomic E-state index is -4.42. The van der Waals surface area contributed by atoms with Gasteiger partial charge in [-0.2, -0.15) is 13.2 Å². The lowest BCUT2D eigenvalue weighted by Crippen LogP contribution is -2.39. The summed E-state index contributed by atoms with van der Waals surface area (Å²) in [4.78, 5) is 25.4. The van der Waals surface area contributed by atoms with Gasteiger partial charge in [0.1, 0.15) is 0 Å². The van der Waals surface area contributed by atoms with Crippen molar-refractivity contribution < 1.29 is 22.8 Å². The van der Waals surface area contributed by atoms with Crippen LogP contribution in [-0.2, 0) is 23.9 Å². The van der Waals surface area contributed by atoms with Gasteiger partial charge in [0.25, 0.3) is 0 Å². The molecule has 2 N–H and O–H groups in total. The van der Waals surface area contributed by atoms with Crippen LogP contribution in [-0.4, -0.2) is 37.0 Å². The summed E-state index contributed by atoms with van der Waals surface area (Å²) in [5, 5.41) is 5.23. The Kier molecular flexibility index (Phi) is 8.06. The monoisotopic (exact) mass is 407 g/mol. The molecule has 0 heterocycles. The Hall–Kier alpha value is -3.03. The van der Waals surface area contributed by atoms with Crippen molar-refractivity contribution in [2.24, 2.45) is 0 Å². The van der Waals surface area contributed by atoms with Gasteiger partial charge in [0.15, 0.2) is 0 Å². The molecule has 0 unspecified atom stereocenters. The van der Waals surface area contributed by atoms with E-state index in [0.29, 0.717) is 6.54 Å². The number of halogens is 3. The van der Waals surface area contributed by atoms with Crippen LogP contribution in [0.5, 0.6) is 0 Å². The number of hydrogen-bond acceptors (Lipinski definition) is 2. The topological polar surface area (TPSA) is 61.4 Å². The average Bonchev–Trinajstić information content (AvgIpc) is 2.68. The van der Waals surface area contributed by atoms with Crippen LogP contribution in [0.2, 0.25) is 0 Å². The summed E-state index contributed by atoms with van der Waals surface area (Å²) in [6.45, 7) is 0.675. The van der Waals surface area contributed by atoms with Crippen LogP contribution in [0, 0.1) is 0 Å². The first-order valence-electron chi connectivity index (χ1n) is 9.22. The fourth-order valence-electron chi connectivity index (χ4n) is 2.79. The van der Waals surface area contributed by atoms with Crippen LogP contribution in [0.4, 0.5) is 18.0 Å². The first-order chi connectivity index (χ1) is 13.8. The number of nitrogens with one attached hydrogen (secondary N) is 2. The molecule has 8 heteroatoms. The van der Waals surface area contributed by atoms with Gasteiger partial charge < -0.3 is 15.5 Å². The van der Waals surface area contributed by atoms with E-state index in [-0.39, 0.29) is 43.4 Å². The fraction of sp³-hybridized carbons (Fsp3) is 0.333. The molecule has 0 aliphatic heterocycles. The maximum atomic E-state index is 12.9. The third-order valence-electron chi connectivity index (χ3n) is 4.28. The van der Waals surface area contributed by atoms with Crippen LogP contribution in [0.3, 0.4) is 0 Å². The predicted octanol–water partition coefficient (Wildman–Crippen LogP) is 3.60. The first kappa shape index (κ1) is 22.3. The number of carbonyl (C=O) groups excluding carboxylic acids is 2. The van der Waals surface area contributed by atoms with E-state index in [4.69, 9.17) is 0 Å². The molecule has 29 heavy (non-hydrogen) atoms. The van der Waals surface area contributed by atoms with E-state index in [1.807, 2.05) is 30.3 Å². The van der Waals surface area contributed by atoms with E-state index in [1.165, 1.54) is 23.1 Å². The third-order valence-corrected chi connectivity index (χ3v) is 4.28. The van der Waals surface area contributed by atoms with Crippen LogP contribution in [0.25, 0.3) is 0 Å². The molecule has 0 atom stereocenters. The minimum absolute atomic E-state index is 0.0475. The fourth-order valence-corrected chi connectivity index (χ4v) is 2.79. The van der Waals surface area contributed by atoms with Crippen molar-refractivity contribution in [1.82, 2.24) is 15.5 Å². The molecule has 156 valence electrons. The Morgan fingerprint density at radius 3 is 2.28 bits per heavy atom. The molecule has 0 fully saturated rings. The van der Waals surface area contributed by atoms with Gasteiger partial charge in [0, 0.05) is 33.1 Å².